The maximum atomic E-state index is 14.7. The molecule has 0 unspecified atom stereocenters. The summed E-state index contributed by atoms with van der Waals surface area (Å²) in [6.07, 6.45) is 7.24. The number of benzene rings is 2. The van der Waals surface area contributed by atoms with Crippen molar-refractivity contribution in [2.24, 2.45) is 5.92 Å². The monoisotopic (exact) mass is 767 g/mol. The van der Waals surface area contributed by atoms with Gasteiger partial charge >= 0.3 is 12.0 Å². The molecule has 2 fully saturated rings. The molecular formula is C42H49N5O7S. The highest BCUT2D eigenvalue weighted by atomic mass is 32.1. The Labute approximate surface area is 325 Å². The van der Waals surface area contributed by atoms with Crippen LogP contribution < -0.4 is 19.5 Å². The summed E-state index contributed by atoms with van der Waals surface area (Å²) >= 11 is 1.52. The zero-order chi connectivity index (χ0) is 38.9. The van der Waals surface area contributed by atoms with E-state index in [9.17, 15) is 19.5 Å². The number of aryl methyl sites for hydroxylation is 1. The lowest BCUT2D eigenvalue weighted by molar-refractivity contribution is -0.144. The molecule has 4 heterocycles. The van der Waals surface area contributed by atoms with E-state index in [1.54, 1.807) is 24.0 Å². The van der Waals surface area contributed by atoms with Crippen LogP contribution in [-0.2, 0) is 16.1 Å². The van der Waals surface area contributed by atoms with E-state index in [2.05, 4.69) is 19.2 Å². The SMILES string of the molecule is COc1ccc(CN2CCCCC/C=C\[C@H]3C[C@@]3(C(=O)O)NC(=O)[C@@H]3C[C@@H](Oc4cc(-c5nc(C(C)C)cs5)nc5c(C)c(OC)ccc45)CN3C2=O)cc1. The number of thiazole rings is 1. The first-order valence-corrected chi connectivity index (χ1v) is 19.9. The third-order valence-electron chi connectivity index (χ3n) is 11.0. The third-order valence-corrected chi connectivity index (χ3v) is 11.9. The Morgan fingerprint density at radius 3 is 2.56 bits per heavy atom. The zero-order valence-electron chi connectivity index (χ0n) is 32.0. The first-order valence-electron chi connectivity index (χ1n) is 19.0. The van der Waals surface area contributed by atoms with Crippen molar-refractivity contribution in [3.63, 3.8) is 0 Å². The van der Waals surface area contributed by atoms with E-state index in [0.717, 1.165) is 58.6 Å². The number of carboxylic acids is 1. The number of nitrogens with zero attached hydrogens (tertiary/aromatic N) is 4. The number of ether oxygens (including phenoxy) is 3. The second kappa shape index (κ2) is 15.9. The van der Waals surface area contributed by atoms with Crippen LogP contribution >= 0.6 is 11.3 Å². The highest BCUT2D eigenvalue weighted by molar-refractivity contribution is 7.13. The van der Waals surface area contributed by atoms with Gasteiger partial charge in [-0.3, -0.25) is 4.79 Å². The lowest BCUT2D eigenvalue weighted by Crippen LogP contribution is -2.55. The number of pyridine rings is 1. The van der Waals surface area contributed by atoms with Crippen LogP contribution in [0.5, 0.6) is 17.2 Å². The van der Waals surface area contributed by atoms with E-state index in [0.29, 0.717) is 42.2 Å². The lowest BCUT2D eigenvalue weighted by atomic mass is 10.1. The summed E-state index contributed by atoms with van der Waals surface area (Å²) in [7, 11) is 3.24. The smallest absolute Gasteiger partial charge is 0.330 e. The molecule has 0 spiro atoms. The van der Waals surface area contributed by atoms with Gasteiger partial charge in [0.05, 0.1) is 32.0 Å². The molecule has 12 nitrogen and oxygen atoms in total. The largest absolute Gasteiger partial charge is 0.497 e. The van der Waals surface area contributed by atoms with Crippen molar-refractivity contribution in [3.05, 3.63) is 76.8 Å². The van der Waals surface area contributed by atoms with Gasteiger partial charge in [-0.1, -0.05) is 44.6 Å². The van der Waals surface area contributed by atoms with E-state index in [4.69, 9.17) is 24.2 Å². The number of amides is 3. The van der Waals surface area contributed by atoms with Crippen LogP contribution in [0.2, 0.25) is 0 Å². The number of methoxy groups -OCH3 is 2. The average molecular weight is 768 g/mol. The van der Waals surface area contributed by atoms with Crippen molar-refractivity contribution in [1.29, 1.82) is 0 Å². The van der Waals surface area contributed by atoms with Gasteiger partial charge in [0.25, 0.3) is 0 Å². The third kappa shape index (κ3) is 7.85. The Morgan fingerprint density at radius 1 is 1.05 bits per heavy atom. The van der Waals surface area contributed by atoms with Gasteiger partial charge in [0, 0.05) is 47.8 Å². The lowest BCUT2D eigenvalue weighted by Gasteiger charge is -2.32. The Kier molecular flexibility index (Phi) is 11.0. The first kappa shape index (κ1) is 38.1. The van der Waals surface area contributed by atoms with Crippen LogP contribution in [0.4, 0.5) is 4.79 Å². The molecule has 4 aromatic rings. The number of aromatic nitrogens is 2. The van der Waals surface area contributed by atoms with Crippen molar-refractivity contribution < 1.29 is 33.7 Å². The van der Waals surface area contributed by atoms with Gasteiger partial charge in [-0.05, 0) is 68.4 Å². The number of carboxylic acid groups (broad SMARTS) is 1. The topological polar surface area (TPSA) is 143 Å². The average Bonchev–Trinajstić information content (AvgIpc) is 3.47. The van der Waals surface area contributed by atoms with Crippen LogP contribution in [0.3, 0.4) is 0 Å². The molecule has 0 radical (unpaired) electrons. The van der Waals surface area contributed by atoms with Crippen molar-refractivity contribution in [1.82, 2.24) is 25.1 Å². The molecule has 13 heteroatoms. The summed E-state index contributed by atoms with van der Waals surface area (Å²) < 4.78 is 17.8. The molecule has 2 aromatic carbocycles. The van der Waals surface area contributed by atoms with Gasteiger partial charge in [0.2, 0.25) is 5.91 Å². The molecule has 55 heavy (non-hydrogen) atoms. The molecule has 2 N–H and O–H groups in total. The minimum atomic E-state index is -1.40. The van der Waals surface area contributed by atoms with E-state index in [-0.39, 0.29) is 30.8 Å². The highest BCUT2D eigenvalue weighted by Crippen LogP contribution is 2.46. The molecule has 2 aromatic heterocycles. The highest BCUT2D eigenvalue weighted by Gasteiger charge is 2.61. The maximum absolute atomic E-state index is 14.7. The Balaban J connectivity index is 1.24. The number of carbonyl (C=O) groups is 3. The summed E-state index contributed by atoms with van der Waals surface area (Å²) in [6, 6.07) is 12.0. The number of hydrogen-bond donors (Lipinski definition) is 2. The van der Waals surface area contributed by atoms with Crippen molar-refractivity contribution >= 4 is 40.1 Å². The van der Waals surface area contributed by atoms with E-state index in [1.165, 1.54) is 11.3 Å². The quantitative estimate of drug-likeness (QED) is 0.167. The predicted octanol–water partition coefficient (Wildman–Crippen LogP) is 7.34. The number of nitrogens with one attached hydrogen (secondary N) is 1. The van der Waals surface area contributed by atoms with Crippen molar-refractivity contribution in [2.75, 3.05) is 27.3 Å². The second-order valence-electron chi connectivity index (χ2n) is 15.1. The number of allylic oxidation sites excluding steroid dienone is 1. The summed E-state index contributed by atoms with van der Waals surface area (Å²) in [5.41, 5.74) is 2.71. The maximum Gasteiger partial charge on any atom is 0.330 e. The minimum absolute atomic E-state index is 0.127. The van der Waals surface area contributed by atoms with Crippen LogP contribution in [0.25, 0.3) is 21.6 Å². The van der Waals surface area contributed by atoms with Crippen LogP contribution in [0, 0.1) is 12.8 Å². The van der Waals surface area contributed by atoms with Gasteiger partial charge in [0.1, 0.15) is 45.6 Å². The molecule has 0 bridgehead atoms. The number of hydrogen-bond acceptors (Lipinski definition) is 9. The normalized spacial score (nSPS) is 23.7. The Hall–Kier alpha value is -5.17. The molecule has 4 atom stereocenters. The van der Waals surface area contributed by atoms with E-state index >= 15 is 0 Å². The molecule has 1 aliphatic carbocycles. The van der Waals surface area contributed by atoms with Gasteiger partial charge in [-0.25, -0.2) is 19.6 Å². The molecule has 1 saturated heterocycles. The van der Waals surface area contributed by atoms with Crippen molar-refractivity contribution in [3.8, 4) is 28.0 Å². The fourth-order valence-electron chi connectivity index (χ4n) is 7.64. The zero-order valence-corrected chi connectivity index (χ0v) is 32.9. The number of aliphatic carboxylic acids is 1. The van der Waals surface area contributed by atoms with Gasteiger partial charge in [0.15, 0.2) is 0 Å². The summed E-state index contributed by atoms with van der Waals surface area (Å²) in [4.78, 5) is 54.8. The molecule has 1 saturated carbocycles. The van der Waals surface area contributed by atoms with Crippen LogP contribution in [0.1, 0.15) is 75.1 Å². The number of rotatable bonds is 9. The fraction of sp³-hybridized carbons (Fsp3) is 0.452. The standard InChI is InChI=1S/C42H49N5O7S/c1-25(2)33-24-55-39(44-33)32-20-36(31-16-17-35(53-5)26(3)37(31)43-32)54-30-19-34-38(48)45-42(40(49)50)21-28(42)11-9-7-6-8-10-18-46(41(51)47(34)23-30)22-27-12-14-29(52-4)15-13-27/h9,11-17,20,24-25,28,30,34H,6-8,10,18-19,21-23H2,1-5H3,(H,45,48)(H,49,50)/b11-9-/t28-,30+,34-,42+/m0/s1. The summed E-state index contributed by atoms with van der Waals surface area (Å²) in [5.74, 6) is 0.331. The second-order valence-corrected chi connectivity index (χ2v) is 15.9. The fourth-order valence-corrected chi connectivity index (χ4v) is 8.58. The minimum Gasteiger partial charge on any atom is -0.497 e. The van der Waals surface area contributed by atoms with Gasteiger partial charge in [-0.15, -0.1) is 11.3 Å². The van der Waals surface area contributed by atoms with Gasteiger partial charge < -0.3 is 34.4 Å². The Bertz CT molecular complexity index is 2100. The molecule has 3 aliphatic rings. The molecule has 2 aliphatic heterocycles. The summed E-state index contributed by atoms with van der Waals surface area (Å²) in [5, 5.41) is 16.8. The number of urea groups is 1. The van der Waals surface area contributed by atoms with Crippen molar-refractivity contribution in [2.45, 2.75) is 89.4 Å². The van der Waals surface area contributed by atoms with Gasteiger partial charge in [-0.2, -0.15) is 0 Å². The van der Waals surface area contributed by atoms with Crippen LogP contribution in [-0.4, -0.2) is 87.8 Å². The van der Waals surface area contributed by atoms with E-state index < -0.39 is 29.6 Å². The number of carbonyl (C=O) groups excluding carboxylic acids is 2. The Morgan fingerprint density at radius 2 is 1.85 bits per heavy atom. The molecule has 3 amide bonds. The predicted molar refractivity (Wildman–Crippen MR) is 211 cm³/mol. The van der Waals surface area contributed by atoms with Crippen LogP contribution in [0.15, 0.2) is 60.0 Å². The first-order chi connectivity index (χ1) is 26.5. The molecule has 7 rings (SSSR count). The molecular weight excluding hydrogens is 719 g/mol. The number of fused-ring (bicyclic) bond motifs is 3. The van der Waals surface area contributed by atoms with E-state index in [1.807, 2.05) is 66.9 Å². The molecule has 290 valence electrons. The summed E-state index contributed by atoms with van der Waals surface area (Å²) in [6.45, 7) is 7.12.